The molecule has 0 aliphatic rings. The van der Waals surface area contributed by atoms with E-state index in [1.54, 1.807) is 6.92 Å². The first-order valence-corrected chi connectivity index (χ1v) is 14.3. The normalized spacial score (nSPS) is 12.7. The second kappa shape index (κ2) is 18.0. The minimum atomic E-state index is -0.603. The van der Waals surface area contributed by atoms with Crippen LogP contribution in [0.4, 0.5) is 17.6 Å². The predicted molar refractivity (Wildman–Crippen MR) is 166 cm³/mol. The third kappa shape index (κ3) is 13.0. The number of carbonyl (C=O) groups excluding carboxylic acids is 1. The maximum Gasteiger partial charge on any atom is 0.136 e. The molecule has 0 aromatic heterocycles. The van der Waals surface area contributed by atoms with Crippen LogP contribution in [-0.4, -0.2) is 17.0 Å². The number of Topliss-reactive ketones (excluding diaryl/α,β-unsaturated/α-hetero) is 1. The summed E-state index contributed by atoms with van der Waals surface area (Å²) in [4.78, 5) is 12.1. The Bertz CT molecular complexity index is 1350. The van der Waals surface area contributed by atoms with Gasteiger partial charge in [-0.1, -0.05) is 81.9 Å². The molecular formula is C37H42F4O2. The molecule has 0 saturated carbocycles. The average molecular weight is 595 g/mol. The Labute approximate surface area is 253 Å². The zero-order valence-electron chi connectivity index (χ0n) is 24.1. The Morgan fingerprint density at radius 3 is 1.51 bits per heavy atom. The van der Waals surface area contributed by atoms with Crippen LogP contribution in [0.15, 0.2) is 97.1 Å². The quantitative estimate of drug-likeness (QED) is 0.166. The van der Waals surface area contributed by atoms with Crippen LogP contribution in [0.2, 0.25) is 0 Å². The summed E-state index contributed by atoms with van der Waals surface area (Å²) in [5, 5.41) is 10.2. The van der Waals surface area contributed by atoms with Gasteiger partial charge in [0.1, 0.15) is 29.1 Å². The molecule has 6 heteroatoms. The number of aryl methyl sites for hydroxylation is 2. The van der Waals surface area contributed by atoms with Gasteiger partial charge in [-0.2, -0.15) is 0 Å². The standard InChI is InChI=1S/C18H20F2O.C18H18F2O.CH4/c2*1-13(9-15-10-16(19)12-17(20)11-15)18(21)8-7-14-5-3-2-4-6-14;/h2-6,10-13,18,21H,7-9H2,1H3;2-6,10-13H,7-9H2,1H3;1H4/t13-,18?;13-;/m00./s1. The maximum absolute atomic E-state index is 13.1. The summed E-state index contributed by atoms with van der Waals surface area (Å²) in [6.07, 6.45) is 2.92. The van der Waals surface area contributed by atoms with Crippen molar-refractivity contribution in [1.29, 1.82) is 0 Å². The van der Waals surface area contributed by atoms with Gasteiger partial charge in [-0.25, -0.2) is 17.6 Å². The molecule has 43 heavy (non-hydrogen) atoms. The van der Waals surface area contributed by atoms with E-state index in [-0.39, 0.29) is 25.0 Å². The van der Waals surface area contributed by atoms with E-state index >= 15 is 0 Å². The number of rotatable bonds is 12. The van der Waals surface area contributed by atoms with Crippen LogP contribution < -0.4 is 0 Å². The van der Waals surface area contributed by atoms with Gasteiger partial charge in [0, 0.05) is 24.5 Å². The Morgan fingerprint density at radius 1 is 0.628 bits per heavy atom. The third-order valence-electron chi connectivity index (χ3n) is 7.23. The first-order valence-electron chi connectivity index (χ1n) is 14.3. The largest absolute Gasteiger partial charge is 0.393 e. The number of aliphatic hydroxyl groups excluding tert-OH is 1. The summed E-state index contributed by atoms with van der Waals surface area (Å²) >= 11 is 0. The Hall–Kier alpha value is -3.77. The van der Waals surface area contributed by atoms with E-state index in [2.05, 4.69) is 0 Å². The Morgan fingerprint density at radius 2 is 1.05 bits per heavy atom. The predicted octanol–water partition coefficient (Wildman–Crippen LogP) is 9.12. The zero-order chi connectivity index (χ0) is 30.5. The lowest BCUT2D eigenvalue weighted by molar-refractivity contribution is -0.122. The van der Waals surface area contributed by atoms with Gasteiger partial charge in [0.15, 0.2) is 0 Å². The van der Waals surface area contributed by atoms with Crippen LogP contribution in [0.5, 0.6) is 0 Å². The number of halogens is 4. The van der Waals surface area contributed by atoms with Crippen molar-refractivity contribution in [2.45, 2.75) is 65.9 Å². The molecule has 2 nitrogen and oxygen atoms in total. The van der Waals surface area contributed by atoms with Crippen LogP contribution >= 0.6 is 0 Å². The van der Waals surface area contributed by atoms with Crippen molar-refractivity contribution in [1.82, 2.24) is 0 Å². The number of aliphatic hydroxyl groups is 1. The molecule has 230 valence electrons. The highest BCUT2D eigenvalue weighted by Crippen LogP contribution is 2.19. The lowest BCUT2D eigenvalue weighted by atomic mass is 9.92. The lowest BCUT2D eigenvalue weighted by Crippen LogP contribution is -2.20. The monoisotopic (exact) mass is 594 g/mol. The van der Waals surface area contributed by atoms with Crippen LogP contribution in [0.1, 0.15) is 56.4 Å². The van der Waals surface area contributed by atoms with Crippen molar-refractivity contribution in [3.8, 4) is 0 Å². The van der Waals surface area contributed by atoms with Gasteiger partial charge in [-0.15, -0.1) is 0 Å². The van der Waals surface area contributed by atoms with E-state index in [1.807, 2.05) is 67.6 Å². The topological polar surface area (TPSA) is 37.3 Å². The summed E-state index contributed by atoms with van der Waals surface area (Å²) in [7, 11) is 0. The van der Waals surface area contributed by atoms with Crippen molar-refractivity contribution in [2.24, 2.45) is 11.8 Å². The van der Waals surface area contributed by atoms with E-state index in [0.29, 0.717) is 43.2 Å². The lowest BCUT2D eigenvalue weighted by Gasteiger charge is -2.19. The average Bonchev–Trinajstić information content (AvgIpc) is 2.95. The van der Waals surface area contributed by atoms with Gasteiger partial charge < -0.3 is 5.11 Å². The molecule has 0 amide bonds. The molecule has 0 bridgehead atoms. The fourth-order valence-electron chi connectivity index (χ4n) is 4.84. The molecule has 0 radical (unpaired) electrons. The Balaban J connectivity index is 0.000000293. The van der Waals surface area contributed by atoms with Gasteiger partial charge in [-0.3, -0.25) is 4.79 Å². The number of carbonyl (C=O) groups is 1. The summed E-state index contributed by atoms with van der Waals surface area (Å²) in [5.74, 6) is -2.52. The molecule has 0 aliphatic carbocycles. The molecule has 4 aromatic rings. The number of hydrogen-bond donors (Lipinski definition) is 1. The minimum absolute atomic E-state index is 0. The molecule has 0 heterocycles. The van der Waals surface area contributed by atoms with Crippen LogP contribution in [0.25, 0.3) is 0 Å². The highest BCUT2D eigenvalue weighted by molar-refractivity contribution is 5.81. The van der Waals surface area contributed by atoms with E-state index in [9.17, 15) is 27.5 Å². The second-order valence-corrected chi connectivity index (χ2v) is 10.9. The molecule has 0 spiro atoms. The molecule has 0 fully saturated rings. The third-order valence-corrected chi connectivity index (χ3v) is 7.23. The van der Waals surface area contributed by atoms with Gasteiger partial charge in [0.25, 0.3) is 0 Å². The van der Waals surface area contributed by atoms with Crippen molar-refractivity contribution in [3.63, 3.8) is 0 Å². The van der Waals surface area contributed by atoms with Crippen LogP contribution in [0.3, 0.4) is 0 Å². The molecule has 1 N–H and O–H groups in total. The van der Waals surface area contributed by atoms with E-state index in [4.69, 9.17) is 0 Å². The fourth-order valence-corrected chi connectivity index (χ4v) is 4.84. The number of benzene rings is 4. The fraction of sp³-hybridized carbons (Fsp3) is 0.324. The van der Waals surface area contributed by atoms with Crippen molar-refractivity contribution in [2.75, 3.05) is 0 Å². The number of hydrogen-bond acceptors (Lipinski definition) is 2. The molecular weight excluding hydrogens is 552 g/mol. The maximum atomic E-state index is 13.1. The molecule has 4 aromatic carbocycles. The van der Waals surface area contributed by atoms with Crippen molar-refractivity contribution >= 4 is 5.78 Å². The Kier molecular flexibility index (Phi) is 14.8. The highest BCUT2D eigenvalue weighted by Gasteiger charge is 2.16. The first-order chi connectivity index (χ1) is 20.1. The summed E-state index contributed by atoms with van der Waals surface area (Å²) in [6.45, 7) is 3.70. The minimum Gasteiger partial charge on any atom is -0.393 e. The SMILES string of the molecule is C.C[C@@H](Cc1cc(F)cc(F)c1)C(=O)CCc1ccccc1.C[C@@H](Cc1cc(F)cc(F)c1)C(O)CCc1ccccc1. The zero-order valence-corrected chi connectivity index (χ0v) is 24.1. The second-order valence-electron chi connectivity index (χ2n) is 10.9. The molecule has 3 atom stereocenters. The molecule has 0 aliphatic heterocycles. The first kappa shape index (κ1) is 35.4. The molecule has 0 saturated heterocycles. The molecule has 1 unspecified atom stereocenters. The van der Waals surface area contributed by atoms with E-state index < -0.39 is 29.4 Å². The van der Waals surface area contributed by atoms with E-state index in [0.717, 1.165) is 24.1 Å². The van der Waals surface area contributed by atoms with Crippen LogP contribution in [0, 0.1) is 35.1 Å². The summed E-state index contributed by atoms with van der Waals surface area (Å²) in [6, 6.07) is 26.7. The highest BCUT2D eigenvalue weighted by atomic mass is 19.1. The van der Waals surface area contributed by atoms with Crippen molar-refractivity contribution < 1.29 is 27.5 Å². The molecule has 4 rings (SSSR count). The van der Waals surface area contributed by atoms with Gasteiger partial charge >= 0.3 is 0 Å². The smallest absolute Gasteiger partial charge is 0.136 e. The van der Waals surface area contributed by atoms with E-state index in [1.165, 1.54) is 29.8 Å². The van der Waals surface area contributed by atoms with Crippen LogP contribution in [-0.2, 0) is 30.5 Å². The van der Waals surface area contributed by atoms with Gasteiger partial charge in [0.2, 0.25) is 0 Å². The van der Waals surface area contributed by atoms with Gasteiger partial charge in [-0.05, 0) is 84.5 Å². The summed E-state index contributed by atoms with van der Waals surface area (Å²) in [5.41, 5.74) is 3.40. The van der Waals surface area contributed by atoms with Crippen molar-refractivity contribution in [3.05, 3.63) is 143 Å². The van der Waals surface area contributed by atoms with Gasteiger partial charge in [0.05, 0.1) is 6.10 Å². The summed E-state index contributed by atoms with van der Waals surface area (Å²) < 4.78 is 52.5. The number of ketones is 1.